The molecule has 0 saturated carbocycles. The zero-order valence-corrected chi connectivity index (χ0v) is 9.93. The van der Waals surface area contributed by atoms with Crippen molar-refractivity contribution in [2.45, 2.75) is 19.4 Å². The van der Waals surface area contributed by atoms with Gasteiger partial charge in [-0.1, -0.05) is 6.07 Å². The van der Waals surface area contributed by atoms with E-state index >= 15 is 0 Å². The van der Waals surface area contributed by atoms with Crippen LogP contribution in [0.25, 0.3) is 0 Å². The molecule has 88 valence electrons. The quantitative estimate of drug-likeness (QED) is 0.819. The van der Waals surface area contributed by atoms with Gasteiger partial charge in [0.1, 0.15) is 11.9 Å². The number of nitrogens with two attached hydrogens (primary N) is 1. The second-order valence-electron chi connectivity index (χ2n) is 3.99. The van der Waals surface area contributed by atoms with Crippen molar-refractivity contribution in [3.63, 3.8) is 0 Å². The Kier molecular flexibility index (Phi) is 4.17. The summed E-state index contributed by atoms with van der Waals surface area (Å²) in [5, 5.41) is 0. The Labute approximate surface area is 96.0 Å². The predicted octanol–water partition coefficient (Wildman–Crippen LogP) is 1.40. The molecule has 1 atom stereocenters. The van der Waals surface area contributed by atoms with E-state index in [0.29, 0.717) is 0 Å². The van der Waals surface area contributed by atoms with Crippen LogP contribution in [0.2, 0.25) is 0 Å². The molecular weight excluding hydrogens is 204 g/mol. The number of carbonyl (C=O) groups excluding carboxylic acids is 1. The Bertz CT molecular complexity index is 364. The Morgan fingerprint density at radius 3 is 2.75 bits per heavy atom. The fraction of sp³-hybridized carbons (Fsp3) is 0.417. The summed E-state index contributed by atoms with van der Waals surface area (Å²) in [5.41, 5.74) is 6.16. The first-order chi connectivity index (χ1) is 7.49. The summed E-state index contributed by atoms with van der Waals surface area (Å²) < 4.78 is 5.59. The molecular formula is C12H18N2O2. The van der Waals surface area contributed by atoms with Gasteiger partial charge in [0.2, 0.25) is 5.91 Å². The van der Waals surface area contributed by atoms with E-state index in [2.05, 4.69) is 0 Å². The molecule has 0 aliphatic heterocycles. The number of anilines is 1. The Morgan fingerprint density at radius 1 is 1.50 bits per heavy atom. The van der Waals surface area contributed by atoms with E-state index in [1.807, 2.05) is 50.2 Å². The Balaban J connectivity index is 2.66. The second kappa shape index (κ2) is 5.39. The van der Waals surface area contributed by atoms with Gasteiger partial charge in [0.05, 0.1) is 6.42 Å². The van der Waals surface area contributed by atoms with E-state index in [4.69, 9.17) is 10.5 Å². The number of ether oxygens (including phenoxy) is 1. The molecule has 0 heterocycles. The van der Waals surface area contributed by atoms with Crippen LogP contribution < -0.4 is 15.4 Å². The molecule has 0 spiro atoms. The van der Waals surface area contributed by atoms with Crippen molar-refractivity contribution in [1.29, 1.82) is 0 Å². The highest BCUT2D eigenvalue weighted by Crippen LogP contribution is 2.20. The van der Waals surface area contributed by atoms with Gasteiger partial charge >= 0.3 is 0 Å². The molecule has 4 heteroatoms. The third-order valence-corrected chi connectivity index (χ3v) is 2.16. The van der Waals surface area contributed by atoms with Crippen LogP contribution in [0.3, 0.4) is 0 Å². The lowest BCUT2D eigenvalue weighted by atomic mass is 10.2. The van der Waals surface area contributed by atoms with Gasteiger partial charge in [0.25, 0.3) is 0 Å². The van der Waals surface area contributed by atoms with Gasteiger partial charge in [0.15, 0.2) is 0 Å². The summed E-state index contributed by atoms with van der Waals surface area (Å²) in [6.45, 7) is 1.83. The molecule has 4 nitrogen and oxygen atoms in total. The molecule has 0 bridgehead atoms. The highest BCUT2D eigenvalue weighted by Gasteiger charge is 2.08. The maximum absolute atomic E-state index is 10.7. The van der Waals surface area contributed by atoms with Crippen LogP contribution in [0, 0.1) is 0 Å². The predicted molar refractivity (Wildman–Crippen MR) is 64.7 cm³/mol. The van der Waals surface area contributed by atoms with E-state index in [9.17, 15) is 4.79 Å². The van der Waals surface area contributed by atoms with Crippen molar-refractivity contribution in [2.75, 3.05) is 19.0 Å². The van der Waals surface area contributed by atoms with Gasteiger partial charge in [-0.2, -0.15) is 0 Å². The summed E-state index contributed by atoms with van der Waals surface area (Å²) in [6.07, 6.45) is 0.0292. The third kappa shape index (κ3) is 3.81. The maximum atomic E-state index is 10.7. The molecule has 0 aliphatic carbocycles. The average molecular weight is 222 g/mol. The first-order valence-corrected chi connectivity index (χ1v) is 5.21. The van der Waals surface area contributed by atoms with Crippen molar-refractivity contribution in [2.24, 2.45) is 5.73 Å². The largest absolute Gasteiger partial charge is 0.490 e. The molecule has 1 aromatic carbocycles. The first kappa shape index (κ1) is 12.4. The van der Waals surface area contributed by atoms with Crippen LogP contribution in [0.15, 0.2) is 24.3 Å². The molecule has 1 rings (SSSR count). The van der Waals surface area contributed by atoms with Crippen molar-refractivity contribution in [3.8, 4) is 5.75 Å². The minimum Gasteiger partial charge on any atom is -0.490 e. The highest BCUT2D eigenvalue weighted by atomic mass is 16.5. The Morgan fingerprint density at radius 2 is 2.19 bits per heavy atom. The summed E-state index contributed by atoms with van der Waals surface area (Å²) >= 11 is 0. The Hall–Kier alpha value is -1.71. The number of hydrogen-bond donors (Lipinski definition) is 1. The highest BCUT2D eigenvalue weighted by molar-refractivity contribution is 5.74. The number of carbonyl (C=O) groups is 1. The van der Waals surface area contributed by atoms with Crippen LogP contribution in [0.5, 0.6) is 5.75 Å². The molecule has 1 aromatic rings. The number of rotatable bonds is 5. The van der Waals surface area contributed by atoms with E-state index < -0.39 is 0 Å². The van der Waals surface area contributed by atoms with Crippen molar-refractivity contribution in [3.05, 3.63) is 24.3 Å². The van der Waals surface area contributed by atoms with E-state index in [-0.39, 0.29) is 18.4 Å². The average Bonchev–Trinajstić information content (AvgIpc) is 2.16. The van der Waals surface area contributed by atoms with Gasteiger partial charge in [-0.05, 0) is 19.1 Å². The standard InChI is InChI=1S/C12H18N2O2/c1-9(7-12(13)15)16-11-6-4-5-10(8-11)14(2)3/h4-6,8-9H,7H2,1-3H3,(H2,13,15). The minimum absolute atomic E-state index is 0.199. The van der Waals surface area contributed by atoms with Gasteiger partial charge < -0.3 is 15.4 Å². The molecule has 0 aliphatic rings. The first-order valence-electron chi connectivity index (χ1n) is 5.21. The zero-order chi connectivity index (χ0) is 12.1. The number of benzene rings is 1. The summed E-state index contributed by atoms with van der Waals surface area (Å²) in [4.78, 5) is 12.7. The van der Waals surface area contributed by atoms with Crippen molar-refractivity contribution in [1.82, 2.24) is 0 Å². The van der Waals surface area contributed by atoms with Gasteiger partial charge in [-0.3, -0.25) is 4.79 Å². The SMILES string of the molecule is CC(CC(N)=O)Oc1cccc(N(C)C)c1. The van der Waals surface area contributed by atoms with Crippen LogP contribution in [-0.2, 0) is 4.79 Å². The summed E-state index contributed by atoms with van der Waals surface area (Å²) in [6, 6.07) is 7.70. The number of nitrogens with zero attached hydrogens (tertiary/aromatic N) is 1. The zero-order valence-electron chi connectivity index (χ0n) is 9.93. The van der Waals surface area contributed by atoms with Gasteiger partial charge in [0, 0.05) is 25.8 Å². The van der Waals surface area contributed by atoms with E-state index in [0.717, 1.165) is 11.4 Å². The van der Waals surface area contributed by atoms with Gasteiger partial charge in [-0.15, -0.1) is 0 Å². The molecule has 0 aromatic heterocycles. The summed E-state index contributed by atoms with van der Waals surface area (Å²) in [5.74, 6) is 0.399. The smallest absolute Gasteiger partial charge is 0.221 e. The lowest BCUT2D eigenvalue weighted by Crippen LogP contribution is -2.22. The molecule has 0 saturated heterocycles. The molecule has 2 N–H and O–H groups in total. The van der Waals surface area contributed by atoms with Crippen LogP contribution in [0.1, 0.15) is 13.3 Å². The lowest BCUT2D eigenvalue weighted by molar-refractivity contribution is -0.119. The van der Waals surface area contributed by atoms with Crippen LogP contribution >= 0.6 is 0 Å². The van der Waals surface area contributed by atoms with Crippen molar-refractivity contribution < 1.29 is 9.53 Å². The van der Waals surface area contributed by atoms with Crippen LogP contribution in [0.4, 0.5) is 5.69 Å². The third-order valence-electron chi connectivity index (χ3n) is 2.16. The number of amides is 1. The molecule has 0 radical (unpaired) electrons. The number of hydrogen-bond acceptors (Lipinski definition) is 3. The lowest BCUT2D eigenvalue weighted by Gasteiger charge is -2.16. The minimum atomic E-state index is -0.351. The van der Waals surface area contributed by atoms with Crippen molar-refractivity contribution >= 4 is 11.6 Å². The molecule has 16 heavy (non-hydrogen) atoms. The van der Waals surface area contributed by atoms with Crippen LogP contribution in [-0.4, -0.2) is 26.1 Å². The van der Waals surface area contributed by atoms with E-state index in [1.165, 1.54) is 0 Å². The monoisotopic (exact) mass is 222 g/mol. The molecule has 0 fully saturated rings. The van der Waals surface area contributed by atoms with E-state index in [1.54, 1.807) is 0 Å². The van der Waals surface area contributed by atoms with Gasteiger partial charge in [-0.25, -0.2) is 0 Å². The normalized spacial score (nSPS) is 11.9. The fourth-order valence-corrected chi connectivity index (χ4v) is 1.39. The second-order valence-corrected chi connectivity index (χ2v) is 3.99. The maximum Gasteiger partial charge on any atom is 0.221 e. The molecule has 1 unspecified atom stereocenters. The summed E-state index contributed by atoms with van der Waals surface area (Å²) in [7, 11) is 3.93. The fourth-order valence-electron chi connectivity index (χ4n) is 1.39. The topological polar surface area (TPSA) is 55.6 Å². The molecule has 1 amide bonds. The number of primary amides is 1.